The normalized spacial score (nSPS) is 14.2. The maximum Gasteiger partial charge on any atom is 0.294 e. The molecule has 1 aromatic rings. The maximum absolute atomic E-state index is 10.6. The van der Waals surface area contributed by atoms with Crippen LogP contribution in [-0.2, 0) is 10.1 Å². The Bertz CT molecular complexity index is 421. The fourth-order valence-electron chi connectivity index (χ4n) is 1.01. The van der Waals surface area contributed by atoms with Crippen molar-refractivity contribution in [2.45, 2.75) is 17.3 Å². The number of aliphatic hydroxyl groups is 3. The summed E-state index contributed by atoms with van der Waals surface area (Å²) in [6.07, 6.45) is -3.46. The van der Waals surface area contributed by atoms with Gasteiger partial charge in [0, 0.05) is 0 Å². The predicted molar refractivity (Wildman–Crippen MR) is 49.4 cm³/mol. The van der Waals surface area contributed by atoms with Gasteiger partial charge in [-0.1, -0.05) is 12.1 Å². The van der Waals surface area contributed by atoms with Crippen LogP contribution in [0, 0.1) is 0 Å². The first-order valence-corrected chi connectivity index (χ1v) is 5.38. The van der Waals surface area contributed by atoms with Gasteiger partial charge in [0.15, 0.2) is 6.29 Å². The monoisotopic (exact) mass is 234 g/mol. The average molecular weight is 234 g/mol. The topological polar surface area (TPSA) is 115 Å². The molecular weight excluding hydrogens is 224 g/mol. The Labute approximate surface area is 86.2 Å². The SMILES string of the molecule is O=S(=O)(O)c1ccc(C(O)C(O)O)cc1. The molecular formula is C8H10O6S. The Kier molecular flexibility index (Phi) is 3.42. The zero-order valence-electron chi connectivity index (χ0n) is 7.48. The summed E-state index contributed by atoms with van der Waals surface area (Å²) < 4.78 is 29.9. The predicted octanol–water partition coefficient (Wildman–Crippen LogP) is -0.723. The van der Waals surface area contributed by atoms with Crippen LogP contribution in [0.4, 0.5) is 0 Å². The van der Waals surface area contributed by atoms with Crippen molar-refractivity contribution in [3.8, 4) is 0 Å². The molecule has 0 bridgehead atoms. The van der Waals surface area contributed by atoms with Crippen LogP contribution in [0.1, 0.15) is 11.7 Å². The van der Waals surface area contributed by atoms with Crippen LogP contribution in [0.3, 0.4) is 0 Å². The highest BCUT2D eigenvalue weighted by Crippen LogP contribution is 2.18. The van der Waals surface area contributed by atoms with E-state index in [2.05, 4.69) is 0 Å². The van der Waals surface area contributed by atoms with Crippen molar-refractivity contribution < 1.29 is 28.3 Å². The third-order valence-corrected chi connectivity index (χ3v) is 2.67. The number of rotatable bonds is 3. The van der Waals surface area contributed by atoms with Crippen LogP contribution in [0.2, 0.25) is 0 Å². The number of hydrogen-bond donors (Lipinski definition) is 4. The van der Waals surface area contributed by atoms with E-state index in [1.807, 2.05) is 0 Å². The molecule has 15 heavy (non-hydrogen) atoms. The second-order valence-corrected chi connectivity index (χ2v) is 4.32. The molecule has 1 aromatic carbocycles. The third-order valence-electron chi connectivity index (χ3n) is 1.80. The van der Waals surface area contributed by atoms with Gasteiger partial charge in [0.05, 0.1) is 4.90 Å². The smallest absolute Gasteiger partial charge is 0.294 e. The summed E-state index contributed by atoms with van der Waals surface area (Å²) in [6, 6.07) is 4.45. The van der Waals surface area contributed by atoms with Crippen molar-refractivity contribution in [2.24, 2.45) is 0 Å². The van der Waals surface area contributed by atoms with Gasteiger partial charge in [-0.15, -0.1) is 0 Å². The molecule has 0 aromatic heterocycles. The van der Waals surface area contributed by atoms with Crippen molar-refractivity contribution in [1.82, 2.24) is 0 Å². The van der Waals surface area contributed by atoms with Crippen molar-refractivity contribution in [1.29, 1.82) is 0 Å². The van der Waals surface area contributed by atoms with E-state index in [9.17, 15) is 13.5 Å². The second-order valence-electron chi connectivity index (χ2n) is 2.90. The van der Waals surface area contributed by atoms with E-state index in [0.29, 0.717) is 0 Å². The van der Waals surface area contributed by atoms with Crippen LogP contribution < -0.4 is 0 Å². The average Bonchev–Trinajstić information content (AvgIpc) is 2.15. The highest BCUT2D eigenvalue weighted by molar-refractivity contribution is 7.85. The van der Waals surface area contributed by atoms with Crippen LogP contribution in [0.5, 0.6) is 0 Å². The molecule has 0 aliphatic heterocycles. The van der Waals surface area contributed by atoms with Crippen LogP contribution in [0.15, 0.2) is 29.2 Å². The molecule has 0 spiro atoms. The number of hydrogen-bond acceptors (Lipinski definition) is 5. The Hall–Kier alpha value is -0.990. The molecule has 1 unspecified atom stereocenters. The van der Waals surface area contributed by atoms with Crippen LogP contribution in [0.25, 0.3) is 0 Å². The van der Waals surface area contributed by atoms with Gasteiger partial charge in [-0.25, -0.2) is 0 Å². The van der Waals surface area contributed by atoms with E-state index in [4.69, 9.17) is 14.8 Å². The van der Waals surface area contributed by atoms with Crippen LogP contribution >= 0.6 is 0 Å². The molecule has 0 fully saturated rings. The third kappa shape index (κ3) is 2.98. The molecule has 0 aliphatic carbocycles. The first-order chi connectivity index (χ1) is 6.82. The van der Waals surface area contributed by atoms with Gasteiger partial charge in [-0.2, -0.15) is 8.42 Å². The molecule has 1 rings (SSSR count). The molecule has 0 saturated carbocycles. The highest BCUT2D eigenvalue weighted by Gasteiger charge is 2.16. The van der Waals surface area contributed by atoms with Gasteiger partial charge < -0.3 is 15.3 Å². The molecule has 4 N–H and O–H groups in total. The Morgan fingerprint density at radius 3 is 1.80 bits per heavy atom. The van der Waals surface area contributed by atoms with Crippen molar-refractivity contribution >= 4 is 10.1 Å². The zero-order valence-corrected chi connectivity index (χ0v) is 8.29. The molecule has 0 saturated heterocycles. The minimum Gasteiger partial charge on any atom is -0.383 e. The molecule has 84 valence electrons. The quantitative estimate of drug-likeness (QED) is 0.405. The van der Waals surface area contributed by atoms with Gasteiger partial charge in [-0.3, -0.25) is 4.55 Å². The summed E-state index contributed by atoms with van der Waals surface area (Å²) in [4.78, 5) is -0.328. The van der Waals surface area contributed by atoms with Gasteiger partial charge in [0.25, 0.3) is 10.1 Å². The lowest BCUT2D eigenvalue weighted by Gasteiger charge is -2.12. The minimum absolute atomic E-state index is 0.136. The lowest BCUT2D eigenvalue weighted by atomic mass is 10.1. The summed E-state index contributed by atoms with van der Waals surface area (Å²) >= 11 is 0. The van der Waals surface area contributed by atoms with Gasteiger partial charge in [0.2, 0.25) is 0 Å². The molecule has 0 radical (unpaired) electrons. The molecule has 0 aliphatic rings. The Morgan fingerprint density at radius 1 is 1.00 bits per heavy atom. The van der Waals surface area contributed by atoms with E-state index < -0.39 is 22.5 Å². The highest BCUT2D eigenvalue weighted by atomic mass is 32.2. The Morgan fingerprint density at radius 2 is 1.47 bits per heavy atom. The van der Waals surface area contributed by atoms with E-state index >= 15 is 0 Å². The van der Waals surface area contributed by atoms with Gasteiger partial charge in [0.1, 0.15) is 6.10 Å². The van der Waals surface area contributed by atoms with Gasteiger partial charge >= 0.3 is 0 Å². The van der Waals surface area contributed by atoms with Crippen molar-refractivity contribution in [2.75, 3.05) is 0 Å². The van der Waals surface area contributed by atoms with E-state index in [1.54, 1.807) is 0 Å². The summed E-state index contributed by atoms with van der Waals surface area (Å²) in [5, 5.41) is 26.5. The first-order valence-electron chi connectivity index (χ1n) is 3.94. The van der Waals surface area contributed by atoms with Crippen molar-refractivity contribution in [3.05, 3.63) is 29.8 Å². The standard InChI is InChI=1S/C8H10O6S/c9-7(8(10)11)5-1-3-6(4-2-5)15(12,13)14/h1-4,7-11H,(H,12,13,14). The summed E-state index contributed by atoms with van der Waals surface area (Å²) in [5.74, 6) is 0. The first kappa shape index (κ1) is 12.1. The molecule has 6 nitrogen and oxygen atoms in total. The number of benzene rings is 1. The summed E-state index contributed by atoms with van der Waals surface area (Å²) in [7, 11) is -4.27. The molecule has 0 heterocycles. The lowest BCUT2D eigenvalue weighted by molar-refractivity contribution is -0.123. The summed E-state index contributed by atoms with van der Waals surface area (Å²) in [6.45, 7) is 0. The zero-order chi connectivity index (χ0) is 11.6. The Balaban J connectivity index is 3.01. The largest absolute Gasteiger partial charge is 0.383 e. The number of aliphatic hydroxyl groups excluding tert-OH is 2. The minimum atomic E-state index is -4.27. The fourth-order valence-corrected chi connectivity index (χ4v) is 1.49. The maximum atomic E-state index is 10.6. The lowest BCUT2D eigenvalue weighted by Crippen LogP contribution is -2.16. The molecule has 0 amide bonds. The molecule has 1 atom stereocenters. The second kappa shape index (κ2) is 4.25. The summed E-state index contributed by atoms with van der Waals surface area (Å²) in [5.41, 5.74) is 0.136. The van der Waals surface area contributed by atoms with Crippen molar-refractivity contribution in [3.63, 3.8) is 0 Å². The van der Waals surface area contributed by atoms with Gasteiger partial charge in [-0.05, 0) is 17.7 Å². The fraction of sp³-hybridized carbons (Fsp3) is 0.250. The van der Waals surface area contributed by atoms with E-state index in [0.717, 1.165) is 12.1 Å². The van der Waals surface area contributed by atoms with E-state index in [-0.39, 0.29) is 10.5 Å². The van der Waals surface area contributed by atoms with E-state index in [1.165, 1.54) is 12.1 Å². The van der Waals surface area contributed by atoms with Crippen LogP contribution in [-0.4, -0.2) is 34.6 Å². The molecule has 7 heteroatoms.